The molecule has 0 saturated heterocycles. The summed E-state index contributed by atoms with van der Waals surface area (Å²) < 4.78 is 0. The topological polar surface area (TPSA) is 46.3 Å². The van der Waals surface area contributed by atoms with Gasteiger partial charge >= 0.3 is 0 Å². The Morgan fingerprint density at radius 2 is 2.32 bits per heavy atom. The Bertz CT molecular complexity index is 406. The number of likely N-dealkylation sites (N-methyl/N-ethyl adjacent to an activating group) is 1. The van der Waals surface area contributed by atoms with Crippen molar-refractivity contribution in [3.05, 3.63) is 22.4 Å². The lowest BCUT2D eigenvalue weighted by atomic mass is 9.66. The van der Waals surface area contributed by atoms with Crippen LogP contribution in [0.4, 0.5) is 0 Å². The fraction of sp³-hybridized carbons (Fsp3) is 0.667. The van der Waals surface area contributed by atoms with Gasteiger partial charge in [-0.3, -0.25) is 4.79 Å². The zero-order chi connectivity index (χ0) is 13.9. The van der Waals surface area contributed by atoms with Gasteiger partial charge in [-0.05, 0) is 43.2 Å². The van der Waals surface area contributed by atoms with E-state index in [2.05, 4.69) is 24.4 Å². The molecule has 1 aliphatic rings. The number of nitrogens with zero attached hydrogens (tertiary/aromatic N) is 1. The van der Waals surface area contributed by atoms with Gasteiger partial charge in [0.05, 0.1) is 0 Å². The zero-order valence-electron chi connectivity index (χ0n) is 11.9. The summed E-state index contributed by atoms with van der Waals surface area (Å²) in [5.74, 6) is 0.245. The summed E-state index contributed by atoms with van der Waals surface area (Å²) in [6, 6.07) is 4.44. The Labute approximate surface area is 119 Å². The van der Waals surface area contributed by atoms with Crippen LogP contribution in [0.5, 0.6) is 0 Å². The van der Waals surface area contributed by atoms with E-state index in [1.165, 1.54) is 11.3 Å². The standard InChI is InChI=1S/C15H24N2OS/c1-12(9-13-5-3-8-19-13)17(2)14(18)10-15(11-16)6-4-7-15/h3,5,8,12H,4,6-7,9-11,16H2,1-2H3. The minimum atomic E-state index is 0.105. The molecule has 0 spiro atoms. The molecular weight excluding hydrogens is 256 g/mol. The summed E-state index contributed by atoms with van der Waals surface area (Å²) in [5.41, 5.74) is 5.94. The maximum Gasteiger partial charge on any atom is 0.223 e. The number of rotatable bonds is 6. The van der Waals surface area contributed by atoms with Crippen molar-refractivity contribution < 1.29 is 4.79 Å². The van der Waals surface area contributed by atoms with Gasteiger partial charge in [-0.1, -0.05) is 12.5 Å². The van der Waals surface area contributed by atoms with Gasteiger partial charge in [-0.15, -0.1) is 11.3 Å². The van der Waals surface area contributed by atoms with Crippen LogP contribution in [0.2, 0.25) is 0 Å². The van der Waals surface area contributed by atoms with E-state index < -0.39 is 0 Å². The molecule has 1 aliphatic carbocycles. The van der Waals surface area contributed by atoms with E-state index in [9.17, 15) is 4.79 Å². The fourth-order valence-electron chi connectivity index (χ4n) is 2.68. The Hall–Kier alpha value is -0.870. The fourth-order valence-corrected chi connectivity index (χ4v) is 3.50. The molecule has 0 radical (unpaired) electrons. The largest absolute Gasteiger partial charge is 0.343 e. The number of carbonyl (C=O) groups is 1. The van der Waals surface area contributed by atoms with Crippen molar-refractivity contribution in [1.29, 1.82) is 0 Å². The number of nitrogens with two attached hydrogens (primary N) is 1. The highest BCUT2D eigenvalue weighted by Crippen LogP contribution is 2.43. The molecule has 1 aromatic heterocycles. The molecule has 4 heteroatoms. The van der Waals surface area contributed by atoms with Crippen molar-refractivity contribution in [3.63, 3.8) is 0 Å². The number of carbonyl (C=O) groups excluding carboxylic acids is 1. The highest BCUT2D eigenvalue weighted by Gasteiger charge is 2.38. The third kappa shape index (κ3) is 3.37. The van der Waals surface area contributed by atoms with Gasteiger partial charge in [0, 0.05) is 30.8 Å². The highest BCUT2D eigenvalue weighted by atomic mass is 32.1. The van der Waals surface area contributed by atoms with Crippen molar-refractivity contribution in [2.24, 2.45) is 11.1 Å². The predicted molar refractivity (Wildman–Crippen MR) is 80.2 cm³/mol. The SMILES string of the molecule is CC(Cc1cccs1)N(C)C(=O)CC1(CN)CCC1. The monoisotopic (exact) mass is 280 g/mol. The molecule has 2 N–H and O–H groups in total. The first-order chi connectivity index (χ1) is 9.06. The van der Waals surface area contributed by atoms with E-state index in [0.29, 0.717) is 13.0 Å². The van der Waals surface area contributed by atoms with E-state index in [4.69, 9.17) is 5.73 Å². The third-order valence-electron chi connectivity index (χ3n) is 4.50. The van der Waals surface area contributed by atoms with Crippen LogP contribution in [0.3, 0.4) is 0 Å². The first kappa shape index (κ1) is 14.5. The van der Waals surface area contributed by atoms with Crippen LogP contribution >= 0.6 is 11.3 Å². The Morgan fingerprint density at radius 3 is 2.79 bits per heavy atom. The molecule has 1 fully saturated rings. The van der Waals surface area contributed by atoms with Gasteiger partial charge in [0.2, 0.25) is 5.91 Å². The summed E-state index contributed by atoms with van der Waals surface area (Å²) in [7, 11) is 1.92. The van der Waals surface area contributed by atoms with Gasteiger partial charge < -0.3 is 10.6 Å². The first-order valence-corrected chi connectivity index (χ1v) is 7.92. The molecule has 1 amide bonds. The number of thiophene rings is 1. The molecule has 1 aromatic rings. The van der Waals surface area contributed by atoms with Gasteiger partial charge in [-0.25, -0.2) is 0 Å². The second-order valence-corrected chi connectivity index (χ2v) is 6.90. The average Bonchev–Trinajstić information content (AvgIpc) is 2.85. The smallest absolute Gasteiger partial charge is 0.223 e. The molecule has 19 heavy (non-hydrogen) atoms. The van der Waals surface area contributed by atoms with E-state index in [0.717, 1.165) is 19.3 Å². The van der Waals surface area contributed by atoms with Crippen molar-refractivity contribution in [2.75, 3.05) is 13.6 Å². The molecule has 1 saturated carbocycles. The van der Waals surface area contributed by atoms with E-state index in [1.54, 1.807) is 11.3 Å². The van der Waals surface area contributed by atoms with Crippen molar-refractivity contribution in [2.45, 2.75) is 45.1 Å². The zero-order valence-corrected chi connectivity index (χ0v) is 12.7. The Balaban J connectivity index is 1.87. The summed E-state index contributed by atoms with van der Waals surface area (Å²) in [4.78, 5) is 15.6. The van der Waals surface area contributed by atoms with Crippen molar-refractivity contribution in [3.8, 4) is 0 Å². The molecule has 0 aliphatic heterocycles. The van der Waals surface area contributed by atoms with Crippen LogP contribution in [0.1, 0.15) is 37.5 Å². The Kier molecular flexibility index (Phi) is 4.63. The molecule has 1 atom stereocenters. The minimum Gasteiger partial charge on any atom is -0.343 e. The number of hydrogen-bond donors (Lipinski definition) is 1. The molecule has 1 heterocycles. The Morgan fingerprint density at radius 1 is 1.58 bits per heavy atom. The maximum atomic E-state index is 12.4. The van der Waals surface area contributed by atoms with Gasteiger partial charge in [0.25, 0.3) is 0 Å². The lowest BCUT2D eigenvalue weighted by Crippen LogP contribution is -2.44. The molecule has 2 rings (SSSR count). The van der Waals surface area contributed by atoms with Crippen molar-refractivity contribution in [1.82, 2.24) is 4.90 Å². The molecule has 106 valence electrons. The van der Waals surface area contributed by atoms with Crippen molar-refractivity contribution >= 4 is 17.2 Å². The van der Waals surface area contributed by atoms with Crippen LogP contribution in [0.15, 0.2) is 17.5 Å². The second kappa shape index (κ2) is 6.06. The summed E-state index contributed by atoms with van der Waals surface area (Å²) in [5, 5.41) is 2.08. The predicted octanol–water partition coefficient (Wildman–Crippen LogP) is 2.66. The van der Waals surface area contributed by atoms with E-state index >= 15 is 0 Å². The van der Waals surface area contributed by atoms with Crippen LogP contribution in [-0.4, -0.2) is 30.4 Å². The number of amides is 1. The van der Waals surface area contributed by atoms with Crippen LogP contribution in [-0.2, 0) is 11.2 Å². The normalized spacial score (nSPS) is 18.7. The van der Waals surface area contributed by atoms with Crippen LogP contribution < -0.4 is 5.73 Å². The average molecular weight is 280 g/mol. The quantitative estimate of drug-likeness (QED) is 0.871. The van der Waals surface area contributed by atoms with Crippen LogP contribution in [0.25, 0.3) is 0 Å². The summed E-state index contributed by atoms with van der Waals surface area (Å²) in [6.45, 7) is 2.76. The van der Waals surface area contributed by atoms with Gasteiger partial charge in [0.15, 0.2) is 0 Å². The first-order valence-electron chi connectivity index (χ1n) is 7.04. The molecule has 1 unspecified atom stereocenters. The van der Waals surface area contributed by atoms with Crippen LogP contribution in [0, 0.1) is 5.41 Å². The molecule has 0 aromatic carbocycles. The second-order valence-electron chi connectivity index (χ2n) is 5.87. The lowest BCUT2D eigenvalue weighted by Gasteiger charge is -2.41. The van der Waals surface area contributed by atoms with Gasteiger partial charge in [-0.2, -0.15) is 0 Å². The lowest BCUT2D eigenvalue weighted by molar-refractivity contribution is -0.135. The number of hydrogen-bond acceptors (Lipinski definition) is 3. The maximum absolute atomic E-state index is 12.4. The molecular formula is C15H24N2OS. The third-order valence-corrected chi connectivity index (χ3v) is 5.40. The van der Waals surface area contributed by atoms with E-state index in [-0.39, 0.29) is 17.4 Å². The highest BCUT2D eigenvalue weighted by molar-refractivity contribution is 7.09. The minimum absolute atomic E-state index is 0.105. The van der Waals surface area contributed by atoms with E-state index in [1.807, 2.05) is 11.9 Å². The summed E-state index contributed by atoms with van der Waals surface area (Å²) in [6.07, 6.45) is 5.01. The molecule has 3 nitrogen and oxygen atoms in total. The summed E-state index contributed by atoms with van der Waals surface area (Å²) >= 11 is 1.76. The van der Waals surface area contributed by atoms with Gasteiger partial charge in [0.1, 0.15) is 0 Å². The molecule has 0 bridgehead atoms.